The van der Waals surface area contributed by atoms with Gasteiger partial charge in [-0.1, -0.05) is 0 Å². The quantitative estimate of drug-likeness (QED) is 0.601. The first-order valence-corrected chi connectivity index (χ1v) is 11.8. The van der Waals surface area contributed by atoms with Crippen LogP contribution in [0.5, 0.6) is 0 Å². The molecular formula is C14H17HgN3. The van der Waals surface area contributed by atoms with Gasteiger partial charge in [-0.15, -0.1) is 0 Å². The van der Waals surface area contributed by atoms with Gasteiger partial charge in [0.25, 0.3) is 0 Å². The van der Waals surface area contributed by atoms with E-state index in [1.54, 1.807) is 0 Å². The number of nitrogens with one attached hydrogen (secondary N) is 1. The maximum absolute atomic E-state index is 4.75. The Morgan fingerprint density at radius 1 is 1.44 bits per heavy atom. The van der Waals surface area contributed by atoms with Gasteiger partial charge in [0.2, 0.25) is 0 Å². The van der Waals surface area contributed by atoms with Crippen LogP contribution in [0.15, 0.2) is 36.9 Å². The number of hydrogen-bond acceptors (Lipinski definition) is 2. The number of imidazole rings is 1. The Hall–Kier alpha value is -0.675. The van der Waals surface area contributed by atoms with E-state index in [-0.39, 0.29) is 0 Å². The van der Waals surface area contributed by atoms with Crippen molar-refractivity contribution in [3.05, 3.63) is 36.9 Å². The third-order valence-corrected chi connectivity index (χ3v) is 12.0. The molecule has 18 heavy (non-hydrogen) atoms. The number of para-hydroxylation sites is 2. The molecule has 0 saturated carbocycles. The van der Waals surface area contributed by atoms with Gasteiger partial charge < -0.3 is 0 Å². The Morgan fingerprint density at radius 2 is 2.28 bits per heavy atom. The molecule has 1 aliphatic heterocycles. The van der Waals surface area contributed by atoms with Crippen LogP contribution in [0, 0.1) is 0 Å². The summed E-state index contributed by atoms with van der Waals surface area (Å²) in [6.45, 7) is 6.31. The van der Waals surface area contributed by atoms with E-state index in [0.717, 1.165) is 5.52 Å². The average Bonchev–Trinajstić information content (AvgIpc) is 2.94. The Kier molecular flexibility index (Phi) is 3.53. The van der Waals surface area contributed by atoms with Gasteiger partial charge >= 0.3 is 121 Å². The minimum atomic E-state index is -1.34. The summed E-state index contributed by atoms with van der Waals surface area (Å²) < 4.78 is 3.97. The molecule has 2 heterocycles. The third-order valence-electron chi connectivity index (χ3n) is 3.92. The molecule has 4 heteroatoms. The zero-order chi connectivity index (χ0) is 12.5. The van der Waals surface area contributed by atoms with Crippen LogP contribution in [0.25, 0.3) is 11.0 Å². The molecule has 90 valence electrons. The van der Waals surface area contributed by atoms with Crippen LogP contribution in [0.1, 0.15) is 19.8 Å². The monoisotopic (exact) mass is 429 g/mol. The first kappa shape index (κ1) is 12.4. The molecule has 1 aromatic heterocycles. The van der Waals surface area contributed by atoms with Crippen molar-refractivity contribution in [2.75, 3.05) is 0 Å². The minimum absolute atomic E-state index is 0.592. The van der Waals surface area contributed by atoms with Crippen molar-refractivity contribution < 1.29 is 24.9 Å². The van der Waals surface area contributed by atoms with Crippen LogP contribution in [0.2, 0.25) is 0 Å². The van der Waals surface area contributed by atoms with E-state index in [1.165, 1.54) is 21.7 Å². The van der Waals surface area contributed by atoms with Gasteiger partial charge in [0.05, 0.1) is 0 Å². The van der Waals surface area contributed by atoms with Crippen molar-refractivity contribution in [3.8, 4) is 0 Å². The molecule has 0 amide bonds. The summed E-state index contributed by atoms with van der Waals surface area (Å²) in [5, 5.41) is 0. The van der Waals surface area contributed by atoms with E-state index in [9.17, 15) is 0 Å². The fraction of sp³-hybridized carbons (Fsp3) is 0.357. The van der Waals surface area contributed by atoms with Crippen LogP contribution < -0.4 is 3.33 Å². The predicted octanol–water partition coefficient (Wildman–Crippen LogP) is 2.22. The van der Waals surface area contributed by atoms with E-state index in [0.29, 0.717) is 12.1 Å². The number of benzene rings is 1. The second kappa shape index (κ2) is 5.13. The van der Waals surface area contributed by atoms with E-state index in [1.807, 2.05) is 0 Å². The molecule has 0 radical (unpaired) electrons. The molecule has 1 aromatic carbocycles. The van der Waals surface area contributed by atoms with Crippen LogP contribution in [0.4, 0.5) is 0 Å². The molecule has 2 atom stereocenters. The summed E-state index contributed by atoms with van der Waals surface area (Å²) in [5.74, 6) is 0. The van der Waals surface area contributed by atoms with Crippen molar-refractivity contribution in [1.29, 1.82) is 0 Å². The van der Waals surface area contributed by atoms with E-state index < -0.39 is 24.9 Å². The van der Waals surface area contributed by atoms with Crippen LogP contribution in [0.3, 0.4) is 0 Å². The van der Waals surface area contributed by atoms with E-state index in [4.69, 9.17) is 4.98 Å². The number of aromatic amines is 1. The first-order valence-electron chi connectivity index (χ1n) is 6.60. The summed E-state index contributed by atoms with van der Waals surface area (Å²) in [6.07, 6.45) is 4.69. The van der Waals surface area contributed by atoms with E-state index in [2.05, 4.69) is 51.5 Å². The van der Waals surface area contributed by atoms with Gasteiger partial charge in [0, 0.05) is 0 Å². The Bertz CT molecular complexity index is 530. The summed E-state index contributed by atoms with van der Waals surface area (Å²) in [6, 6.07) is 9.61. The van der Waals surface area contributed by atoms with Crippen molar-refractivity contribution in [2.45, 2.75) is 31.8 Å². The summed E-state index contributed by atoms with van der Waals surface area (Å²) in [5.41, 5.74) is 2.28. The molecule has 0 spiro atoms. The van der Waals surface area contributed by atoms with Gasteiger partial charge in [-0.05, 0) is 0 Å². The number of nitrogens with zero attached hydrogens (tertiary/aromatic N) is 2. The van der Waals surface area contributed by atoms with Gasteiger partial charge in [-0.3, -0.25) is 0 Å². The topological polar surface area (TPSA) is 31.9 Å². The molecule has 1 saturated heterocycles. The molecule has 1 N–H and O–H groups in total. The predicted molar refractivity (Wildman–Crippen MR) is 70.2 cm³/mol. The number of H-pyrrole nitrogens is 1. The fourth-order valence-electron chi connectivity index (χ4n) is 2.85. The van der Waals surface area contributed by atoms with Crippen LogP contribution >= 0.6 is 0 Å². The van der Waals surface area contributed by atoms with Crippen molar-refractivity contribution in [1.82, 2.24) is 12.6 Å². The summed E-state index contributed by atoms with van der Waals surface area (Å²) in [7, 11) is 0. The number of hydrogen-bond donors (Lipinski definition) is 1. The zero-order valence-electron chi connectivity index (χ0n) is 10.8. The molecule has 1 aliphatic rings. The summed E-state index contributed by atoms with van der Waals surface area (Å²) in [4.78, 5) is 8.25. The normalized spacial score (nSPS) is 24.3. The van der Waals surface area contributed by atoms with Crippen molar-refractivity contribution >= 4 is 14.4 Å². The molecule has 0 aliphatic carbocycles. The van der Waals surface area contributed by atoms with Crippen molar-refractivity contribution in [3.63, 3.8) is 0 Å². The maximum atomic E-state index is 4.75. The molecule has 3 nitrogen and oxygen atoms in total. The zero-order valence-corrected chi connectivity index (χ0v) is 16.3. The molecule has 3 rings (SSSR count). The number of rotatable bonds is 3. The molecule has 1 fully saturated rings. The van der Waals surface area contributed by atoms with Crippen LogP contribution in [-0.2, 0) is 24.9 Å². The molecule has 2 aromatic rings. The average molecular weight is 428 g/mol. The van der Waals surface area contributed by atoms with Gasteiger partial charge in [0.1, 0.15) is 0 Å². The van der Waals surface area contributed by atoms with E-state index >= 15 is 0 Å². The number of fused-ring (bicyclic) bond motifs is 1. The fourth-order valence-corrected chi connectivity index (χ4v) is 10.3. The molecular weight excluding hydrogens is 411 g/mol. The van der Waals surface area contributed by atoms with Crippen molar-refractivity contribution in [2.24, 2.45) is 0 Å². The first-order chi connectivity index (χ1) is 8.78. The second-order valence-electron chi connectivity index (χ2n) is 5.10. The molecule has 2 unspecified atom stereocenters. The Morgan fingerprint density at radius 3 is 3.06 bits per heavy atom. The van der Waals surface area contributed by atoms with Gasteiger partial charge in [0.15, 0.2) is 0 Å². The van der Waals surface area contributed by atoms with Gasteiger partial charge in [-0.25, -0.2) is 0 Å². The standard InChI is InChI=1S/C7H5N2.C7H12N.Hg/c1-2-4-7-6(3-1)8-5-9-7;1-3-7-5-4-6(2)8-7;/h1-4H,(H,8,9);3,6-7H,1,4-5H2,2H3;/q;-1;+1. The summed E-state index contributed by atoms with van der Waals surface area (Å²) >= 11 is -1.34. The number of aromatic nitrogens is 2. The van der Waals surface area contributed by atoms with Gasteiger partial charge in [-0.2, -0.15) is 0 Å². The SMILES string of the molecule is C=CC1CCC(C)[N]1[Hg][c]1nc2ccccc2[nH]1. The van der Waals surface area contributed by atoms with Crippen LogP contribution in [-0.4, -0.2) is 24.7 Å². The molecule has 0 bridgehead atoms. The second-order valence-corrected chi connectivity index (χ2v) is 11.8. The Balaban J connectivity index is 1.85. The third kappa shape index (κ3) is 2.26. The Labute approximate surface area is 120 Å².